The van der Waals surface area contributed by atoms with E-state index in [1.54, 1.807) is 4.90 Å². The summed E-state index contributed by atoms with van der Waals surface area (Å²) in [5.74, 6) is -0.617. The van der Waals surface area contributed by atoms with E-state index in [2.05, 4.69) is 34.4 Å². The molecule has 2 fully saturated rings. The van der Waals surface area contributed by atoms with Crippen molar-refractivity contribution in [2.45, 2.75) is 51.0 Å². The van der Waals surface area contributed by atoms with Crippen LogP contribution in [0.15, 0.2) is 25.0 Å². The Kier molecular flexibility index (Phi) is 8.73. The summed E-state index contributed by atoms with van der Waals surface area (Å²) in [6, 6.07) is 2.00. The van der Waals surface area contributed by atoms with Gasteiger partial charge in [-0.05, 0) is 31.9 Å². The Morgan fingerprint density at radius 3 is 2.65 bits per heavy atom. The summed E-state index contributed by atoms with van der Waals surface area (Å²) in [5, 5.41) is 9.43. The second-order valence-electron chi connectivity index (χ2n) is 11.4. The van der Waals surface area contributed by atoms with Gasteiger partial charge in [0, 0.05) is 44.3 Å². The summed E-state index contributed by atoms with van der Waals surface area (Å²) >= 11 is 0. The molecule has 0 aliphatic carbocycles. The highest BCUT2D eigenvalue weighted by Gasteiger charge is 2.40. The Labute approximate surface area is 247 Å². The number of fused-ring (bicyclic) bond motifs is 1. The van der Waals surface area contributed by atoms with Crippen LogP contribution in [-0.4, -0.2) is 89.1 Å². The molecule has 0 bridgehead atoms. The Balaban J connectivity index is 1.49. The first kappa shape index (κ1) is 30.5. The first-order valence-corrected chi connectivity index (χ1v) is 14.2. The zero-order valence-corrected chi connectivity index (χ0v) is 24.1. The molecule has 3 aliphatic rings. The Morgan fingerprint density at radius 2 is 1.98 bits per heavy atom. The van der Waals surface area contributed by atoms with Crippen LogP contribution in [0, 0.1) is 23.1 Å². The maximum absolute atomic E-state index is 14.4. The number of aromatic nitrogens is 3. The van der Waals surface area contributed by atoms with Crippen LogP contribution >= 0.6 is 0 Å². The summed E-state index contributed by atoms with van der Waals surface area (Å²) in [6.45, 7) is 8.22. The second-order valence-corrected chi connectivity index (χ2v) is 11.4. The quantitative estimate of drug-likeness (QED) is 0.349. The molecule has 2 aromatic heterocycles. The summed E-state index contributed by atoms with van der Waals surface area (Å²) in [4.78, 5) is 32.8. The maximum atomic E-state index is 14.4. The number of hydrogen-bond donors (Lipinski definition) is 0. The molecule has 1 amide bonds. The molecule has 0 radical (unpaired) electrons. The molecule has 5 rings (SSSR count). The third-order valence-corrected chi connectivity index (χ3v) is 8.40. The lowest BCUT2D eigenvalue weighted by Gasteiger charge is -2.42. The van der Waals surface area contributed by atoms with Crippen LogP contribution in [0.4, 0.5) is 29.1 Å². The average molecular weight is 603 g/mol. The molecule has 0 unspecified atom stereocenters. The zero-order chi connectivity index (χ0) is 30.9. The fraction of sp³-hybridized carbons (Fsp3) is 0.552. The first-order valence-electron chi connectivity index (χ1n) is 14.2. The third-order valence-electron chi connectivity index (χ3n) is 8.40. The number of likely N-dealkylation sites (tertiary alicyclic amines) is 1. The van der Waals surface area contributed by atoms with Gasteiger partial charge in [0.2, 0.25) is 5.91 Å². The molecule has 2 aromatic rings. The number of nitriles is 1. The third kappa shape index (κ3) is 6.36. The molecule has 2 saturated heterocycles. The number of rotatable bonds is 7. The Bertz CT molecular complexity index is 1410. The number of alkyl halides is 3. The minimum atomic E-state index is -4.91. The van der Waals surface area contributed by atoms with Gasteiger partial charge in [-0.2, -0.15) is 28.4 Å². The van der Waals surface area contributed by atoms with E-state index >= 15 is 0 Å². The van der Waals surface area contributed by atoms with Crippen molar-refractivity contribution < 1.29 is 27.1 Å². The van der Waals surface area contributed by atoms with Crippen molar-refractivity contribution in [1.29, 1.82) is 5.26 Å². The molecule has 14 heteroatoms. The van der Waals surface area contributed by atoms with E-state index in [1.807, 2.05) is 11.9 Å². The van der Waals surface area contributed by atoms with E-state index in [-0.39, 0.29) is 49.6 Å². The van der Waals surface area contributed by atoms with Gasteiger partial charge in [-0.1, -0.05) is 13.5 Å². The van der Waals surface area contributed by atoms with Crippen molar-refractivity contribution in [1.82, 2.24) is 24.8 Å². The SMILES string of the molecule is C=CC(=O)N1CCN(c2nc(OC[C@@H]3C[C@@H](C)CN3C)nc3c2CCN(c2cncc(F)c2C(F)(F)F)C3)C[C@@H]1CC#N. The van der Waals surface area contributed by atoms with Crippen LogP contribution in [0.3, 0.4) is 0 Å². The van der Waals surface area contributed by atoms with Gasteiger partial charge in [-0.25, -0.2) is 4.39 Å². The smallest absolute Gasteiger partial charge is 0.421 e. The Morgan fingerprint density at radius 1 is 1.19 bits per heavy atom. The largest absolute Gasteiger partial charge is 0.462 e. The molecule has 0 N–H and O–H groups in total. The second kappa shape index (κ2) is 12.3. The van der Waals surface area contributed by atoms with Crippen molar-refractivity contribution in [3.63, 3.8) is 0 Å². The number of hydrogen-bond acceptors (Lipinski definition) is 9. The van der Waals surface area contributed by atoms with Crippen LogP contribution in [0.1, 0.15) is 36.6 Å². The van der Waals surface area contributed by atoms with Gasteiger partial charge in [0.25, 0.3) is 0 Å². The first-order chi connectivity index (χ1) is 20.5. The van der Waals surface area contributed by atoms with Gasteiger partial charge in [0.05, 0.1) is 48.9 Å². The summed E-state index contributed by atoms with van der Waals surface area (Å²) < 4.78 is 62.0. The minimum absolute atomic E-state index is 0.0354. The van der Waals surface area contributed by atoms with Crippen molar-refractivity contribution in [3.8, 4) is 12.1 Å². The van der Waals surface area contributed by atoms with Gasteiger partial charge < -0.3 is 19.4 Å². The lowest BCUT2D eigenvalue weighted by molar-refractivity contribution is -0.139. The number of halogens is 4. The number of anilines is 2. The number of likely N-dealkylation sites (N-methyl/N-ethyl adjacent to an activating group) is 1. The Hall–Kier alpha value is -3.99. The molecule has 0 aromatic carbocycles. The van der Waals surface area contributed by atoms with Crippen molar-refractivity contribution in [3.05, 3.63) is 47.7 Å². The molecule has 3 atom stereocenters. The number of ether oxygens (including phenoxy) is 1. The van der Waals surface area contributed by atoms with Crippen LogP contribution in [0.2, 0.25) is 0 Å². The fourth-order valence-corrected chi connectivity index (χ4v) is 6.33. The van der Waals surface area contributed by atoms with Gasteiger partial charge in [-0.15, -0.1) is 0 Å². The number of piperazine rings is 1. The molecule has 0 saturated carbocycles. The van der Waals surface area contributed by atoms with E-state index in [0.717, 1.165) is 24.7 Å². The molecular weight excluding hydrogens is 568 g/mol. The minimum Gasteiger partial charge on any atom is -0.462 e. The van der Waals surface area contributed by atoms with Crippen LogP contribution in [0.5, 0.6) is 6.01 Å². The predicted molar refractivity (Wildman–Crippen MR) is 150 cm³/mol. The van der Waals surface area contributed by atoms with E-state index in [0.29, 0.717) is 49.9 Å². The van der Waals surface area contributed by atoms with Gasteiger partial charge in [-0.3, -0.25) is 14.7 Å². The monoisotopic (exact) mass is 602 g/mol. The fourth-order valence-electron chi connectivity index (χ4n) is 6.33. The van der Waals surface area contributed by atoms with Crippen LogP contribution < -0.4 is 14.5 Å². The number of carbonyl (C=O) groups excluding carboxylic acids is 1. The highest BCUT2D eigenvalue weighted by atomic mass is 19.4. The van der Waals surface area contributed by atoms with E-state index in [1.165, 1.54) is 11.0 Å². The molecule has 5 heterocycles. The average Bonchev–Trinajstić information content (AvgIpc) is 3.30. The summed E-state index contributed by atoms with van der Waals surface area (Å²) in [6.07, 6.45) is -0.748. The molecule has 230 valence electrons. The lowest BCUT2D eigenvalue weighted by atomic mass is 10.0. The summed E-state index contributed by atoms with van der Waals surface area (Å²) in [7, 11) is 2.03. The number of pyridine rings is 1. The van der Waals surface area contributed by atoms with Crippen molar-refractivity contribution >= 4 is 17.4 Å². The topological polar surface area (TPSA) is 102 Å². The predicted octanol–water partition coefficient (Wildman–Crippen LogP) is 3.43. The van der Waals surface area contributed by atoms with E-state index in [9.17, 15) is 27.6 Å². The molecule has 43 heavy (non-hydrogen) atoms. The summed E-state index contributed by atoms with van der Waals surface area (Å²) in [5.41, 5.74) is -0.504. The molecule has 10 nitrogen and oxygen atoms in total. The number of nitrogens with zero attached hydrogens (tertiary/aromatic N) is 8. The van der Waals surface area contributed by atoms with E-state index in [4.69, 9.17) is 9.72 Å². The maximum Gasteiger partial charge on any atom is 0.421 e. The normalized spacial score (nSPS) is 22.7. The zero-order valence-electron chi connectivity index (χ0n) is 24.1. The number of amides is 1. The molecule has 0 spiro atoms. The number of carbonyl (C=O) groups is 1. The molecular formula is C29H34F4N8O2. The van der Waals surface area contributed by atoms with Crippen molar-refractivity contribution in [2.75, 3.05) is 56.2 Å². The van der Waals surface area contributed by atoms with Gasteiger partial charge in [0.15, 0.2) is 5.82 Å². The van der Waals surface area contributed by atoms with E-state index < -0.39 is 23.6 Å². The van der Waals surface area contributed by atoms with Crippen molar-refractivity contribution in [2.24, 2.45) is 5.92 Å². The highest BCUT2D eigenvalue weighted by molar-refractivity contribution is 5.87. The lowest BCUT2D eigenvalue weighted by Crippen LogP contribution is -2.55. The van der Waals surface area contributed by atoms with Gasteiger partial charge in [0.1, 0.15) is 18.0 Å². The standard InChI is InChI=1S/C29H34F4N8O2/c1-4-25(42)41-10-9-40(15-19(41)5-7-34)27-21-6-8-39(24-13-35-12-22(30)26(24)29(31,32)33)16-23(21)36-28(37-27)43-17-20-11-18(2)14-38(20)3/h4,12-13,18-20H,1,5-6,8-11,14-17H2,2-3H3/t18-,19+,20+/m1/s1. The van der Waals surface area contributed by atoms with Crippen LogP contribution in [-0.2, 0) is 23.9 Å². The van der Waals surface area contributed by atoms with Crippen LogP contribution in [0.25, 0.3) is 0 Å². The highest BCUT2D eigenvalue weighted by Crippen LogP contribution is 2.40. The molecule has 3 aliphatic heterocycles. The van der Waals surface area contributed by atoms with Gasteiger partial charge >= 0.3 is 12.2 Å².